The molecule has 0 aromatic heterocycles. The van der Waals surface area contributed by atoms with Crippen LogP contribution in [0.15, 0.2) is 41.3 Å². The molecule has 0 unspecified atom stereocenters. The molecular weight excluding hydrogens is 327 g/mol. The molecule has 1 amide bonds. The average molecular weight is 341 g/mol. The van der Waals surface area contributed by atoms with Crippen molar-refractivity contribution in [2.75, 3.05) is 16.8 Å². The molecule has 0 aliphatic rings. The van der Waals surface area contributed by atoms with E-state index in [1.807, 2.05) is 25.1 Å². The van der Waals surface area contributed by atoms with Crippen LogP contribution in [-0.4, -0.2) is 11.7 Å². The molecule has 0 fully saturated rings. The van der Waals surface area contributed by atoms with Gasteiger partial charge < -0.3 is 11.1 Å². The van der Waals surface area contributed by atoms with Crippen molar-refractivity contribution >= 4 is 52.2 Å². The molecule has 0 radical (unpaired) electrons. The van der Waals surface area contributed by atoms with Crippen LogP contribution in [0.5, 0.6) is 0 Å². The molecule has 3 nitrogen and oxygen atoms in total. The van der Waals surface area contributed by atoms with E-state index in [2.05, 4.69) is 5.32 Å². The number of nitrogen functional groups attached to an aromatic ring is 1. The van der Waals surface area contributed by atoms with Crippen molar-refractivity contribution in [2.24, 2.45) is 0 Å². The number of carbonyl (C=O) groups excluding carboxylic acids is 1. The minimum atomic E-state index is -0.102. The van der Waals surface area contributed by atoms with Gasteiger partial charge in [0.1, 0.15) is 0 Å². The normalized spacial score (nSPS) is 10.4. The number of halogens is 2. The maximum atomic E-state index is 11.9. The van der Waals surface area contributed by atoms with Gasteiger partial charge in [0.2, 0.25) is 5.91 Å². The first-order valence-electron chi connectivity index (χ1n) is 6.19. The van der Waals surface area contributed by atoms with Gasteiger partial charge in [-0.2, -0.15) is 0 Å². The molecule has 0 heterocycles. The van der Waals surface area contributed by atoms with Crippen molar-refractivity contribution in [3.8, 4) is 0 Å². The van der Waals surface area contributed by atoms with Crippen LogP contribution in [0, 0.1) is 6.92 Å². The van der Waals surface area contributed by atoms with Crippen LogP contribution in [0.2, 0.25) is 10.0 Å². The van der Waals surface area contributed by atoms with Gasteiger partial charge in [-0.05, 0) is 48.9 Å². The summed E-state index contributed by atoms with van der Waals surface area (Å²) in [7, 11) is 0. The van der Waals surface area contributed by atoms with Crippen LogP contribution in [0.3, 0.4) is 0 Å². The van der Waals surface area contributed by atoms with E-state index in [0.717, 1.165) is 16.1 Å². The fourth-order valence-electron chi connectivity index (χ4n) is 1.75. The van der Waals surface area contributed by atoms with Crippen molar-refractivity contribution < 1.29 is 4.79 Å². The summed E-state index contributed by atoms with van der Waals surface area (Å²) in [4.78, 5) is 13.0. The van der Waals surface area contributed by atoms with E-state index in [1.165, 1.54) is 11.8 Å². The van der Waals surface area contributed by atoms with Crippen molar-refractivity contribution in [3.63, 3.8) is 0 Å². The highest BCUT2D eigenvalue weighted by molar-refractivity contribution is 8.00. The molecule has 0 atom stereocenters. The minimum absolute atomic E-state index is 0.102. The van der Waals surface area contributed by atoms with E-state index >= 15 is 0 Å². The van der Waals surface area contributed by atoms with Crippen LogP contribution < -0.4 is 11.1 Å². The van der Waals surface area contributed by atoms with Crippen LogP contribution in [0.1, 0.15) is 5.56 Å². The lowest BCUT2D eigenvalue weighted by molar-refractivity contribution is -0.113. The zero-order valence-corrected chi connectivity index (χ0v) is 13.6. The molecule has 110 valence electrons. The maximum Gasteiger partial charge on any atom is 0.234 e. The van der Waals surface area contributed by atoms with Crippen molar-refractivity contribution in [2.45, 2.75) is 11.8 Å². The van der Waals surface area contributed by atoms with Crippen LogP contribution >= 0.6 is 35.0 Å². The van der Waals surface area contributed by atoms with Crippen LogP contribution in [0.4, 0.5) is 11.4 Å². The van der Waals surface area contributed by atoms with E-state index in [1.54, 1.807) is 18.2 Å². The van der Waals surface area contributed by atoms with E-state index in [9.17, 15) is 4.79 Å². The third-order valence-corrected chi connectivity index (χ3v) is 4.68. The third kappa shape index (κ3) is 4.56. The van der Waals surface area contributed by atoms with Gasteiger partial charge in [0.25, 0.3) is 0 Å². The molecule has 2 rings (SSSR count). The number of hydrogen-bond acceptors (Lipinski definition) is 3. The SMILES string of the molecule is Cc1cc(N)ccc1SCC(=O)Nc1ccc(Cl)c(Cl)c1. The molecule has 0 spiro atoms. The fraction of sp³-hybridized carbons (Fsp3) is 0.133. The summed E-state index contributed by atoms with van der Waals surface area (Å²) in [6.45, 7) is 1.97. The van der Waals surface area contributed by atoms with Gasteiger partial charge in [-0.1, -0.05) is 23.2 Å². The Kier molecular flexibility index (Phi) is 5.39. The lowest BCUT2D eigenvalue weighted by Crippen LogP contribution is -2.14. The summed E-state index contributed by atoms with van der Waals surface area (Å²) < 4.78 is 0. The second-order valence-corrected chi connectivity index (χ2v) is 6.32. The van der Waals surface area contributed by atoms with Gasteiger partial charge in [0.05, 0.1) is 15.8 Å². The first-order chi connectivity index (χ1) is 9.95. The molecule has 0 aliphatic heterocycles. The monoisotopic (exact) mass is 340 g/mol. The number of nitrogens with one attached hydrogen (secondary N) is 1. The molecule has 0 aliphatic carbocycles. The number of carbonyl (C=O) groups is 1. The summed E-state index contributed by atoms with van der Waals surface area (Å²) in [5.74, 6) is 0.208. The van der Waals surface area contributed by atoms with Crippen molar-refractivity contribution in [1.29, 1.82) is 0 Å². The lowest BCUT2D eigenvalue weighted by Gasteiger charge is -2.08. The largest absolute Gasteiger partial charge is 0.399 e. The van der Waals surface area contributed by atoms with Gasteiger partial charge in [-0.3, -0.25) is 4.79 Å². The lowest BCUT2D eigenvalue weighted by atomic mass is 10.2. The van der Waals surface area contributed by atoms with Gasteiger partial charge >= 0.3 is 0 Å². The summed E-state index contributed by atoms with van der Waals surface area (Å²) in [6.07, 6.45) is 0. The molecule has 0 saturated carbocycles. The second-order valence-electron chi connectivity index (χ2n) is 4.49. The Morgan fingerprint density at radius 2 is 1.95 bits per heavy atom. The zero-order valence-electron chi connectivity index (χ0n) is 11.3. The minimum Gasteiger partial charge on any atom is -0.399 e. The predicted octanol–water partition coefficient (Wildman–Crippen LogP) is 4.61. The van der Waals surface area contributed by atoms with E-state index < -0.39 is 0 Å². The van der Waals surface area contributed by atoms with Gasteiger partial charge in [-0.25, -0.2) is 0 Å². The molecule has 0 bridgehead atoms. The van der Waals surface area contributed by atoms with E-state index in [-0.39, 0.29) is 5.91 Å². The summed E-state index contributed by atoms with van der Waals surface area (Å²) in [5.41, 5.74) is 8.11. The van der Waals surface area contributed by atoms with E-state index in [4.69, 9.17) is 28.9 Å². The number of aryl methyl sites for hydroxylation is 1. The van der Waals surface area contributed by atoms with Gasteiger partial charge in [0, 0.05) is 16.3 Å². The second kappa shape index (κ2) is 7.07. The predicted molar refractivity (Wildman–Crippen MR) is 91.4 cm³/mol. The fourth-order valence-corrected chi connectivity index (χ4v) is 2.86. The first kappa shape index (κ1) is 16.0. The van der Waals surface area contributed by atoms with Crippen LogP contribution in [-0.2, 0) is 4.79 Å². The summed E-state index contributed by atoms with van der Waals surface area (Å²) >= 11 is 13.2. The maximum absolute atomic E-state index is 11.9. The smallest absolute Gasteiger partial charge is 0.234 e. The molecule has 2 aromatic carbocycles. The average Bonchev–Trinajstić information content (AvgIpc) is 2.42. The highest BCUT2D eigenvalue weighted by atomic mass is 35.5. The summed E-state index contributed by atoms with van der Waals surface area (Å²) in [5, 5.41) is 3.66. The number of thioether (sulfide) groups is 1. The Morgan fingerprint density at radius 3 is 2.62 bits per heavy atom. The Hall–Kier alpha value is -1.36. The Bertz CT molecular complexity index is 677. The first-order valence-corrected chi connectivity index (χ1v) is 7.93. The number of anilines is 2. The highest BCUT2D eigenvalue weighted by Gasteiger charge is 2.07. The van der Waals surface area contributed by atoms with Gasteiger partial charge in [0.15, 0.2) is 0 Å². The molecule has 0 saturated heterocycles. The van der Waals surface area contributed by atoms with E-state index in [0.29, 0.717) is 21.5 Å². The topological polar surface area (TPSA) is 55.1 Å². The number of rotatable bonds is 4. The number of amides is 1. The molecule has 3 N–H and O–H groups in total. The Morgan fingerprint density at radius 1 is 1.19 bits per heavy atom. The van der Waals surface area contributed by atoms with Gasteiger partial charge in [-0.15, -0.1) is 11.8 Å². The molecule has 6 heteroatoms. The zero-order chi connectivity index (χ0) is 15.4. The van der Waals surface area contributed by atoms with Crippen molar-refractivity contribution in [3.05, 3.63) is 52.0 Å². The number of benzene rings is 2. The standard InChI is InChI=1S/C15H14Cl2N2OS/c1-9-6-10(18)2-5-14(9)21-8-15(20)19-11-3-4-12(16)13(17)7-11/h2-7H,8,18H2,1H3,(H,19,20). The van der Waals surface area contributed by atoms with Crippen LogP contribution in [0.25, 0.3) is 0 Å². The Labute approximate surface area is 137 Å². The van der Waals surface area contributed by atoms with Crippen molar-refractivity contribution in [1.82, 2.24) is 0 Å². The summed E-state index contributed by atoms with van der Waals surface area (Å²) in [6, 6.07) is 10.6. The molecule has 2 aromatic rings. The molecular formula is C15H14Cl2N2OS. The number of nitrogens with two attached hydrogens (primary N) is 1. The quantitative estimate of drug-likeness (QED) is 0.630. The Balaban J connectivity index is 1.94. The molecule has 21 heavy (non-hydrogen) atoms. The number of hydrogen-bond donors (Lipinski definition) is 2. The highest BCUT2D eigenvalue weighted by Crippen LogP contribution is 2.26. The third-order valence-electron chi connectivity index (χ3n) is 2.76.